The fourth-order valence-corrected chi connectivity index (χ4v) is 2.42. The maximum atomic E-state index is 8.99. The van der Waals surface area contributed by atoms with Crippen LogP contribution in [0.4, 0.5) is 5.69 Å². The summed E-state index contributed by atoms with van der Waals surface area (Å²) in [6.07, 6.45) is 1.77. The van der Waals surface area contributed by atoms with Gasteiger partial charge in [-0.3, -0.25) is 0 Å². The molecule has 0 aliphatic heterocycles. The molecule has 114 valence electrons. The third-order valence-corrected chi connectivity index (χ3v) is 3.62. The van der Waals surface area contributed by atoms with Gasteiger partial charge in [0.2, 0.25) is 0 Å². The lowest BCUT2D eigenvalue weighted by Gasteiger charge is -2.07. The van der Waals surface area contributed by atoms with Crippen molar-refractivity contribution >= 4 is 17.3 Å². The second-order valence-electron chi connectivity index (χ2n) is 4.92. The number of rotatable bonds is 5. The normalized spacial score (nSPS) is 10.9. The molecule has 0 radical (unpaired) electrons. The lowest BCUT2D eigenvalue weighted by Crippen LogP contribution is -2.02. The van der Waals surface area contributed by atoms with E-state index in [4.69, 9.17) is 21.1 Å². The van der Waals surface area contributed by atoms with Gasteiger partial charge in [0.1, 0.15) is 18.1 Å². The van der Waals surface area contributed by atoms with Gasteiger partial charge in [-0.05, 0) is 37.3 Å². The first-order chi connectivity index (χ1) is 10.7. The number of anilines is 1. The Morgan fingerprint density at radius 1 is 1.27 bits per heavy atom. The number of aromatic nitrogens is 2. The van der Waals surface area contributed by atoms with E-state index in [-0.39, 0.29) is 6.61 Å². The summed E-state index contributed by atoms with van der Waals surface area (Å²) in [7, 11) is 0. The molecule has 1 aromatic carbocycles. The molecular weight excluding hydrogens is 302 g/mol. The highest BCUT2D eigenvalue weighted by Crippen LogP contribution is 2.21. The number of benzene rings is 1. The van der Waals surface area contributed by atoms with Gasteiger partial charge in [-0.25, -0.2) is 4.68 Å². The van der Waals surface area contributed by atoms with Crippen molar-refractivity contribution in [2.75, 3.05) is 5.32 Å². The van der Waals surface area contributed by atoms with Gasteiger partial charge in [0.15, 0.2) is 0 Å². The number of aliphatic hydroxyl groups excluding tert-OH is 1. The molecule has 3 rings (SSSR count). The fraction of sp³-hybridized carbons (Fsp3) is 0.188. The molecule has 0 saturated carbocycles. The van der Waals surface area contributed by atoms with E-state index in [0.717, 1.165) is 22.8 Å². The van der Waals surface area contributed by atoms with Crippen LogP contribution in [0.3, 0.4) is 0 Å². The van der Waals surface area contributed by atoms with E-state index < -0.39 is 0 Å². The molecule has 0 spiro atoms. The van der Waals surface area contributed by atoms with Crippen LogP contribution in [-0.4, -0.2) is 14.9 Å². The maximum Gasteiger partial charge on any atom is 0.129 e. The Labute approximate surface area is 133 Å². The lowest BCUT2D eigenvalue weighted by atomic mass is 10.3. The largest absolute Gasteiger partial charge is 0.462 e. The van der Waals surface area contributed by atoms with Gasteiger partial charge in [0.25, 0.3) is 0 Å². The Morgan fingerprint density at radius 2 is 2.09 bits per heavy atom. The summed E-state index contributed by atoms with van der Waals surface area (Å²) in [5, 5.41) is 17.3. The van der Waals surface area contributed by atoms with Crippen LogP contribution in [-0.2, 0) is 13.2 Å². The smallest absolute Gasteiger partial charge is 0.129 e. The second-order valence-corrected chi connectivity index (χ2v) is 5.35. The molecule has 5 nitrogen and oxygen atoms in total. The minimum Gasteiger partial charge on any atom is -0.462 e. The van der Waals surface area contributed by atoms with Gasteiger partial charge in [0, 0.05) is 5.02 Å². The van der Waals surface area contributed by atoms with Crippen LogP contribution in [0.5, 0.6) is 0 Å². The van der Waals surface area contributed by atoms with Gasteiger partial charge in [-0.2, -0.15) is 5.10 Å². The topological polar surface area (TPSA) is 63.2 Å². The van der Waals surface area contributed by atoms with Gasteiger partial charge in [0.05, 0.1) is 29.8 Å². The van der Waals surface area contributed by atoms with Crippen molar-refractivity contribution in [2.24, 2.45) is 0 Å². The van der Waals surface area contributed by atoms with E-state index in [1.54, 1.807) is 12.3 Å². The molecular formula is C16H16ClN3O2. The zero-order valence-electron chi connectivity index (χ0n) is 12.1. The molecule has 2 heterocycles. The van der Waals surface area contributed by atoms with E-state index >= 15 is 0 Å². The molecule has 2 N–H and O–H groups in total. The van der Waals surface area contributed by atoms with Crippen LogP contribution in [0.2, 0.25) is 5.02 Å². The Hall–Kier alpha value is -2.24. The summed E-state index contributed by atoms with van der Waals surface area (Å²) in [5.74, 6) is 1.32. The molecule has 0 amide bonds. The minimum atomic E-state index is -0.0915. The summed E-state index contributed by atoms with van der Waals surface area (Å²) in [6.45, 7) is 2.42. The summed E-state index contributed by atoms with van der Waals surface area (Å²) in [4.78, 5) is 0. The standard InChI is InChI=1S/C16H16ClN3O2/c1-11-16(18-8-14-5-6-15(10-21)22-14)9-19-20(11)13-4-2-3-12(17)7-13/h2-7,9,18,21H,8,10H2,1H3. The van der Waals surface area contributed by atoms with E-state index in [9.17, 15) is 0 Å². The molecule has 0 aliphatic carbocycles. The van der Waals surface area contributed by atoms with Crippen molar-refractivity contribution in [3.63, 3.8) is 0 Å². The summed E-state index contributed by atoms with van der Waals surface area (Å²) < 4.78 is 7.27. The van der Waals surface area contributed by atoms with E-state index in [1.165, 1.54) is 0 Å². The van der Waals surface area contributed by atoms with Gasteiger partial charge >= 0.3 is 0 Å². The zero-order valence-corrected chi connectivity index (χ0v) is 12.8. The highest BCUT2D eigenvalue weighted by atomic mass is 35.5. The molecule has 3 aromatic rings. The molecule has 0 aliphatic rings. The Kier molecular flexibility index (Phi) is 4.18. The highest BCUT2D eigenvalue weighted by Gasteiger charge is 2.09. The second kappa shape index (κ2) is 6.25. The van der Waals surface area contributed by atoms with Crippen molar-refractivity contribution in [3.05, 3.63) is 64.8 Å². The van der Waals surface area contributed by atoms with Crippen LogP contribution >= 0.6 is 11.6 Å². The van der Waals surface area contributed by atoms with Crippen molar-refractivity contribution in [2.45, 2.75) is 20.1 Å². The average Bonchev–Trinajstić information content (AvgIpc) is 3.12. The molecule has 0 bridgehead atoms. The van der Waals surface area contributed by atoms with Crippen LogP contribution in [0, 0.1) is 6.92 Å². The van der Waals surface area contributed by atoms with E-state index in [0.29, 0.717) is 17.3 Å². The van der Waals surface area contributed by atoms with Crippen LogP contribution in [0.15, 0.2) is 47.0 Å². The average molecular weight is 318 g/mol. The first kappa shape index (κ1) is 14.7. The van der Waals surface area contributed by atoms with Gasteiger partial charge < -0.3 is 14.8 Å². The molecule has 0 fully saturated rings. The summed E-state index contributed by atoms with van der Waals surface area (Å²) in [5.41, 5.74) is 2.82. The number of halogens is 1. The Bertz CT molecular complexity index is 779. The summed E-state index contributed by atoms with van der Waals surface area (Å²) in [6, 6.07) is 11.2. The molecule has 22 heavy (non-hydrogen) atoms. The number of nitrogens with one attached hydrogen (secondary N) is 1. The van der Waals surface area contributed by atoms with Crippen LogP contribution in [0.1, 0.15) is 17.2 Å². The number of aliphatic hydroxyl groups is 1. The molecule has 0 saturated heterocycles. The predicted molar refractivity (Wildman–Crippen MR) is 85.3 cm³/mol. The van der Waals surface area contributed by atoms with Gasteiger partial charge in [-0.1, -0.05) is 17.7 Å². The van der Waals surface area contributed by atoms with E-state index in [1.807, 2.05) is 41.9 Å². The quantitative estimate of drug-likeness (QED) is 0.755. The monoisotopic (exact) mass is 317 g/mol. The van der Waals surface area contributed by atoms with Crippen molar-refractivity contribution in [3.8, 4) is 5.69 Å². The summed E-state index contributed by atoms with van der Waals surface area (Å²) >= 11 is 6.02. The van der Waals surface area contributed by atoms with Crippen LogP contribution < -0.4 is 5.32 Å². The van der Waals surface area contributed by atoms with Crippen LogP contribution in [0.25, 0.3) is 5.69 Å². The zero-order chi connectivity index (χ0) is 15.5. The van der Waals surface area contributed by atoms with Crippen molar-refractivity contribution in [1.29, 1.82) is 0 Å². The Balaban J connectivity index is 1.76. The van der Waals surface area contributed by atoms with E-state index in [2.05, 4.69) is 10.4 Å². The maximum absolute atomic E-state index is 8.99. The third kappa shape index (κ3) is 3.00. The van der Waals surface area contributed by atoms with Crippen molar-refractivity contribution in [1.82, 2.24) is 9.78 Å². The Morgan fingerprint density at radius 3 is 2.82 bits per heavy atom. The number of hydrogen-bond acceptors (Lipinski definition) is 4. The molecule has 0 atom stereocenters. The SMILES string of the molecule is Cc1c(NCc2ccc(CO)o2)cnn1-c1cccc(Cl)c1. The fourth-order valence-electron chi connectivity index (χ4n) is 2.24. The third-order valence-electron chi connectivity index (χ3n) is 3.39. The van der Waals surface area contributed by atoms with Crippen molar-refractivity contribution < 1.29 is 9.52 Å². The van der Waals surface area contributed by atoms with Gasteiger partial charge in [-0.15, -0.1) is 0 Å². The number of hydrogen-bond donors (Lipinski definition) is 2. The minimum absolute atomic E-state index is 0.0915. The first-order valence-corrected chi connectivity index (χ1v) is 7.28. The first-order valence-electron chi connectivity index (χ1n) is 6.90. The highest BCUT2D eigenvalue weighted by molar-refractivity contribution is 6.30. The molecule has 2 aromatic heterocycles. The predicted octanol–water partition coefficient (Wildman–Crippen LogP) is 3.53. The number of furan rings is 1. The lowest BCUT2D eigenvalue weighted by molar-refractivity contribution is 0.244. The number of nitrogens with zero attached hydrogens (tertiary/aromatic N) is 2. The molecule has 6 heteroatoms. The molecule has 0 unspecified atom stereocenters.